The Morgan fingerprint density at radius 2 is 2.44 bits per heavy atom. The van der Waals surface area contributed by atoms with Crippen LogP contribution in [0.25, 0.3) is 0 Å². The van der Waals surface area contributed by atoms with Crippen LogP contribution < -0.4 is 0 Å². The second-order valence-corrected chi connectivity index (χ2v) is 5.02. The van der Waals surface area contributed by atoms with E-state index >= 15 is 0 Å². The predicted octanol–water partition coefficient (Wildman–Crippen LogP) is 1.09. The van der Waals surface area contributed by atoms with Crippen molar-refractivity contribution in [3.05, 3.63) is 16.4 Å². The molecule has 1 N–H and O–H groups in total. The Bertz CT molecular complexity index is 351. The summed E-state index contributed by atoms with van der Waals surface area (Å²) in [5.74, 6) is 0. The molecule has 0 bridgehead atoms. The van der Waals surface area contributed by atoms with Crippen LogP contribution >= 0.6 is 15.9 Å². The molecule has 1 saturated heterocycles. The number of aliphatic hydroxyl groups excluding tert-OH is 1. The largest absolute Gasteiger partial charge is 0.395 e. The second kappa shape index (κ2) is 4.81. The molecule has 2 rings (SSSR count). The molecule has 0 aromatic carbocycles. The van der Waals surface area contributed by atoms with Gasteiger partial charge in [0.05, 0.1) is 23.0 Å². The first kappa shape index (κ1) is 12.0. The molecular formula is C10H15BrFN3O. The highest BCUT2D eigenvalue weighted by Gasteiger charge is 2.32. The quantitative estimate of drug-likeness (QED) is 0.906. The number of aromatic nitrogens is 2. The Hall–Kier alpha value is -0.460. The van der Waals surface area contributed by atoms with E-state index in [1.165, 1.54) is 0 Å². The van der Waals surface area contributed by atoms with Gasteiger partial charge in [-0.25, -0.2) is 4.39 Å². The molecule has 90 valence electrons. The third kappa shape index (κ3) is 2.28. The Kier molecular flexibility index (Phi) is 3.61. The zero-order chi connectivity index (χ0) is 11.7. The summed E-state index contributed by atoms with van der Waals surface area (Å²) in [6, 6.07) is -0.0724. The molecule has 1 aliphatic heterocycles. The molecule has 16 heavy (non-hydrogen) atoms. The first-order chi connectivity index (χ1) is 7.61. The van der Waals surface area contributed by atoms with E-state index in [2.05, 4.69) is 21.0 Å². The van der Waals surface area contributed by atoms with E-state index in [0.29, 0.717) is 19.5 Å². The van der Waals surface area contributed by atoms with E-state index in [1.54, 1.807) is 10.9 Å². The predicted molar refractivity (Wildman–Crippen MR) is 61.7 cm³/mol. The van der Waals surface area contributed by atoms with Crippen molar-refractivity contribution in [2.24, 2.45) is 7.05 Å². The van der Waals surface area contributed by atoms with Gasteiger partial charge in [-0.3, -0.25) is 9.58 Å². The molecule has 0 unspecified atom stereocenters. The van der Waals surface area contributed by atoms with Crippen molar-refractivity contribution in [1.82, 2.24) is 14.7 Å². The maximum absolute atomic E-state index is 13.3. The molecule has 1 aromatic heterocycles. The van der Waals surface area contributed by atoms with Gasteiger partial charge in [0, 0.05) is 26.2 Å². The molecule has 2 atom stereocenters. The Morgan fingerprint density at radius 3 is 3.00 bits per heavy atom. The maximum Gasteiger partial charge on any atom is 0.114 e. The number of nitrogens with zero attached hydrogens (tertiary/aromatic N) is 3. The topological polar surface area (TPSA) is 41.3 Å². The fraction of sp³-hybridized carbons (Fsp3) is 0.700. The highest BCUT2D eigenvalue weighted by molar-refractivity contribution is 9.10. The molecule has 0 radical (unpaired) electrons. The zero-order valence-corrected chi connectivity index (χ0v) is 10.7. The van der Waals surface area contributed by atoms with Crippen molar-refractivity contribution < 1.29 is 9.50 Å². The summed E-state index contributed by atoms with van der Waals surface area (Å²) in [5.41, 5.74) is 1.01. The highest BCUT2D eigenvalue weighted by atomic mass is 79.9. The summed E-state index contributed by atoms with van der Waals surface area (Å²) in [5, 5.41) is 13.3. The number of aryl methyl sites for hydroxylation is 1. The van der Waals surface area contributed by atoms with E-state index in [0.717, 1.165) is 10.2 Å². The summed E-state index contributed by atoms with van der Waals surface area (Å²) < 4.78 is 15.9. The van der Waals surface area contributed by atoms with Crippen LogP contribution in [0, 0.1) is 0 Å². The Labute approximate surface area is 102 Å². The van der Waals surface area contributed by atoms with Gasteiger partial charge < -0.3 is 5.11 Å². The minimum Gasteiger partial charge on any atom is -0.395 e. The van der Waals surface area contributed by atoms with E-state index < -0.39 is 6.17 Å². The lowest BCUT2D eigenvalue weighted by atomic mass is 10.2. The summed E-state index contributed by atoms with van der Waals surface area (Å²) in [6.45, 7) is 1.02. The van der Waals surface area contributed by atoms with E-state index in [-0.39, 0.29) is 12.6 Å². The summed E-state index contributed by atoms with van der Waals surface area (Å²) in [4.78, 5) is 1.96. The van der Waals surface area contributed by atoms with Gasteiger partial charge in [-0.05, 0) is 22.4 Å². The standard InChI is InChI=1S/C10H15BrFN3O/c1-14-10(9(11)3-13-14)5-15-4-7(12)2-8(15)6-16/h3,7-8,16H,2,4-6H2,1H3/t7-,8-/m0/s1. The molecule has 0 saturated carbocycles. The third-order valence-corrected chi connectivity index (χ3v) is 3.71. The molecule has 0 amide bonds. The normalized spacial score (nSPS) is 26.5. The second-order valence-electron chi connectivity index (χ2n) is 4.16. The number of hydrogen-bond acceptors (Lipinski definition) is 3. The van der Waals surface area contributed by atoms with Crippen LogP contribution in [-0.2, 0) is 13.6 Å². The minimum absolute atomic E-state index is 0.00981. The van der Waals surface area contributed by atoms with Gasteiger partial charge >= 0.3 is 0 Å². The summed E-state index contributed by atoms with van der Waals surface area (Å²) in [6.07, 6.45) is 1.32. The monoisotopic (exact) mass is 291 g/mol. The van der Waals surface area contributed by atoms with E-state index in [1.807, 2.05) is 11.9 Å². The fourth-order valence-corrected chi connectivity index (χ4v) is 2.59. The molecular weight excluding hydrogens is 277 g/mol. The van der Waals surface area contributed by atoms with Crippen molar-refractivity contribution in [2.45, 2.75) is 25.2 Å². The molecule has 1 aromatic rings. The number of hydrogen-bond donors (Lipinski definition) is 1. The van der Waals surface area contributed by atoms with Crippen molar-refractivity contribution in [3.63, 3.8) is 0 Å². The molecule has 4 nitrogen and oxygen atoms in total. The smallest absolute Gasteiger partial charge is 0.114 e. The van der Waals surface area contributed by atoms with Crippen molar-refractivity contribution in [1.29, 1.82) is 0 Å². The van der Waals surface area contributed by atoms with Crippen LogP contribution in [-0.4, -0.2) is 45.2 Å². The van der Waals surface area contributed by atoms with Crippen molar-refractivity contribution >= 4 is 15.9 Å². The molecule has 1 fully saturated rings. The van der Waals surface area contributed by atoms with Gasteiger partial charge in [-0.15, -0.1) is 0 Å². The molecule has 6 heteroatoms. The first-order valence-electron chi connectivity index (χ1n) is 5.27. The average Bonchev–Trinajstić information content (AvgIpc) is 2.75. The number of likely N-dealkylation sites (tertiary alicyclic amines) is 1. The SMILES string of the molecule is Cn1ncc(Br)c1CN1C[C@@H](F)C[C@H]1CO. The van der Waals surface area contributed by atoms with Gasteiger partial charge in [-0.1, -0.05) is 0 Å². The van der Waals surface area contributed by atoms with Gasteiger partial charge in [0.2, 0.25) is 0 Å². The van der Waals surface area contributed by atoms with Crippen molar-refractivity contribution in [2.75, 3.05) is 13.2 Å². The van der Waals surface area contributed by atoms with Crippen LogP contribution in [0.3, 0.4) is 0 Å². The Balaban J connectivity index is 2.09. The lowest BCUT2D eigenvalue weighted by molar-refractivity contribution is 0.150. The molecule has 2 heterocycles. The van der Waals surface area contributed by atoms with Crippen molar-refractivity contribution in [3.8, 4) is 0 Å². The molecule has 1 aliphatic rings. The lowest BCUT2D eigenvalue weighted by Crippen LogP contribution is -2.32. The van der Waals surface area contributed by atoms with Crippen LogP contribution in [0.1, 0.15) is 12.1 Å². The van der Waals surface area contributed by atoms with Crippen LogP contribution in [0.5, 0.6) is 0 Å². The number of rotatable bonds is 3. The van der Waals surface area contributed by atoms with E-state index in [9.17, 15) is 9.50 Å². The summed E-state index contributed by atoms with van der Waals surface area (Å²) in [7, 11) is 1.86. The average molecular weight is 292 g/mol. The fourth-order valence-electron chi connectivity index (χ4n) is 2.11. The molecule has 0 spiro atoms. The summed E-state index contributed by atoms with van der Waals surface area (Å²) >= 11 is 3.42. The van der Waals surface area contributed by atoms with E-state index in [4.69, 9.17) is 0 Å². The Morgan fingerprint density at radius 1 is 1.69 bits per heavy atom. The lowest BCUT2D eigenvalue weighted by Gasteiger charge is -2.22. The zero-order valence-electron chi connectivity index (χ0n) is 9.11. The number of alkyl halides is 1. The van der Waals surface area contributed by atoms with Gasteiger partial charge in [0.1, 0.15) is 6.17 Å². The minimum atomic E-state index is -0.829. The van der Waals surface area contributed by atoms with Gasteiger partial charge in [0.15, 0.2) is 0 Å². The third-order valence-electron chi connectivity index (χ3n) is 3.05. The number of halogens is 2. The van der Waals surface area contributed by atoms with Gasteiger partial charge in [-0.2, -0.15) is 5.10 Å². The van der Waals surface area contributed by atoms with Gasteiger partial charge in [0.25, 0.3) is 0 Å². The number of aliphatic hydroxyl groups is 1. The highest BCUT2D eigenvalue weighted by Crippen LogP contribution is 2.24. The van der Waals surface area contributed by atoms with Crippen LogP contribution in [0.4, 0.5) is 4.39 Å². The molecule has 0 aliphatic carbocycles. The van der Waals surface area contributed by atoms with Crippen LogP contribution in [0.2, 0.25) is 0 Å². The van der Waals surface area contributed by atoms with Crippen LogP contribution in [0.15, 0.2) is 10.7 Å². The maximum atomic E-state index is 13.3. The first-order valence-corrected chi connectivity index (χ1v) is 6.06.